The molecule has 0 amide bonds. The van der Waals surface area contributed by atoms with E-state index in [4.69, 9.17) is 4.74 Å². The zero-order chi connectivity index (χ0) is 20.5. The highest BCUT2D eigenvalue weighted by Gasteiger charge is 2.25. The third-order valence-corrected chi connectivity index (χ3v) is 7.01. The first-order chi connectivity index (χ1) is 13.3. The summed E-state index contributed by atoms with van der Waals surface area (Å²) in [6.07, 6.45) is 1.87. The van der Waals surface area contributed by atoms with Crippen LogP contribution in [-0.2, 0) is 26.0 Å². The lowest BCUT2D eigenvalue weighted by Gasteiger charge is -2.13. The molecule has 0 radical (unpaired) electrons. The summed E-state index contributed by atoms with van der Waals surface area (Å²) in [6.45, 7) is 1.90. The van der Waals surface area contributed by atoms with E-state index in [0.29, 0.717) is 11.9 Å². The Labute approximate surface area is 172 Å². The second kappa shape index (κ2) is 8.06. The van der Waals surface area contributed by atoms with E-state index in [2.05, 4.69) is 21.2 Å². The maximum absolute atomic E-state index is 13.3. The number of carbonyl (C=O) groups is 1. The number of likely N-dealkylation sites (N-methyl/N-ethyl adjacent to an activating group) is 1. The molecule has 0 aliphatic rings. The first kappa shape index (κ1) is 20.6. The fourth-order valence-corrected chi connectivity index (χ4v) is 5.13. The standard InChI is InChI=1S/C20H21BrN2O4S/c1-13-7-9-15(10-8-13)28(25,26)23-12-14(11-17(22-2)20(24)27-3)19-16(21)5-4-6-18(19)23/h4-10,12,17,22H,11H2,1-3H3/t17-/m1/s1. The number of fused-ring (bicyclic) bond motifs is 1. The van der Waals surface area contributed by atoms with Crippen molar-refractivity contribution < 1.29 is 17.9 Å². The van der Waals surface area contributed by atoms with Crippen molar-refractivity contribution in [2.24, 2.45) is 0 Å². The molecule has 148 valence electrons. The van der Waals surface area contributed by atoms with Crippen LogP contribution in [0.4, 0.5) is 0 Å². The number of ether oxygens (including phenoxy) is 1. The van der Waals surface area contributed by atoms with Gasteiger partial charge in [0.05, 0.1) is 17.5 Å². The first-order valence-corrected chi connectivity index (χ1v) is 10.9. The van der Waals surface area contributed by atoms with Crippen molar-refractivity contribution in [2.45, 2.75) is 24.3 Å². The predicted molar refractivity (Wildman–Crippen MR) is 112 cm³/mol. The summed E-state index contributed by atoms with van der Waals surface area (Å²) in [5, 5.41) is 3.67. The van der Waals surface area contributed by atoms with Gasteiger partial charge >= 0.3 is 5.97 Å². The molecule has 6 nitrogen and oxygen atoms in total. The summed E-state index contributed by atoms with van der Waals surface area (Å²) >= 11 is 3.51. The molecule has 0 bridgehead atoms. The Bertz CT molecular complexity index is 1120. The minimum Gasteiger partial charge on any atom is -0.468 e. The smallest absolute Gasteiger partial charge is 0.323 e. The van der Waals surface area contributed by atoms with Crippen LogP contribution in [0.15, 0.2) is 58.0 Å². The molecular weight excluding hydrogens is 444 g/mol. The van der Waals surface area contributed by atoms with Crippen LogP contribution < -0.4 is 5.32 Å². The van der Waals surface area contributed by atoms with Gasteiger partial charge in [-0.15, -0.1) is 0 Å². The second-order valence-corrected chi connectivity index (χ2v) is 9.14. The summed E-state index contributed by atoms with van der Waals surface area (Å²) in [5.74, 6) is -0.406. The number of rotatable bonds is 6. The highest BCUT2D eigenvalue weighted by Crippen LogP contribution is 2.32. The zero-order valence-electron chi connectivity index (χ0n) is 15.8. The molecule has 28 heavy (non-hydrogen) atoms. The van der Waals surface area contributed by atoms with E-state index in [1.807, 2.05) is 13.0 Å². The molecule has 0 saturated heterocycles. The summed E-state index contributed by atoms with van der Waals surface area (Å²) in [7, 11) is -0.795. The van der Waals surface area contributed by atoms with Crippen molar-refractivity contribution >= 4 is 42.8 Å². The van der Waals surface area contributed by atoms with Crippen LogP contribution in [0.5, 0.6) is 0 Å². The Balaban J connectivity index is 2.18. The molecule has 1 N–H and O–H groups in total. The van der Waals surface area contributed by atoms with Gasteiger partial charge in [0.1, 0.15) is 6.04 Å². The Hall–Kier alpha value is -2.16. The Morgan fingerprint density at radius 3 is 2.50 bits per heavy atom. The molecule has 0 unspecified atom stereocenters. The van der Waals surface area contributed by atoms with Gasteiger partial charge in [0.2, 0.25) is 0 Å². The van der Waals surface area contributed by atoms with E-state index >= 15 is 0 Å². The SMILES string of the molecule is CN[C@H](Cc1cn(S(=O)(=O)c2ccc(C)cc2)c2cccc(Br)c12)C(=O)OC. The molecule has 0 aliphatic carbocycles. The lowest BCUT2D eigenvalue weighted by Crippen LogP contribution is -2.36. The van der Waals surface area contributed by atoms with E-state index in [0.717, 1.165) is 21.0 Å². The maximum atomic E-state index is 13.3. The molecular formula is C20H21BrN2O4S. The van der Waals surface area contributed by atoms with Gasteiger partial charge in [-0.3, -0.25) is 4.79 Å². The van der Waals surface area contributed by atoms with Crippen molar-refractivity contribution in [1.82, 2.24) is 9.29 Å². The monoisotopic (exact) mass is 464 g/mol. The van der Waals surface area contributed by atoms with Gasteiger partial charge in [-0.05, 0) is 43.8 Å². The van der Waals surface area contributed by atoms with Crippen molar-refractivity contribution in [1.29, 1.82) is 0 Å². The van der Waals surface area contributed by atoms with Gasteiger partial charge in [0.25, 0.3) is 10.0 Å². The van der Waals surface area contributed by atoms with Gasteiger partial charge in [-0.2, -0.15) is 0 Å². The van der Waals surface area contributed by atoms with Crippen LogP contribution in [0.3, 0.4) is 0 Å². The number of esters is 1. The molecule has 3 aromatic rings. The minimum atomic E-state index is -3.79. The molecule has 1 heterocycles. The lowest BCUT2D eigenvalue weighted by atomic mass is 10.1. The van der Waals surface area contributed by atoms with E-state index in [1.165, 1.54) is 11.1 Å². The fraction of sp³-hybridized carbons (Fsp3) is 0.250. The van der Waals surface area contributed by atoms with Crippen LogP contribution >= 0.6 is 15.9 Å². The number of aryl methyl sites for hydroxylation is 1. The van der Waals surface area contributed by atoms with E-state index in [1.54, 1.807) is 49.6 Å². The Kier molecular flexibility index (Phi) is 5.92. The van der Waals surface area contributed by atoms with Crippen molar-refractivity contribution in [3.8, 4) is 0 Å². The molecule has 0 saturated carbocycles. The first-order valence-electron chi connectivity index (χ1n) is 8.65. The molecule has 3 rings (SSSR count). The molecule has 1 atom stereocenters. The normalized spacial score (nSPS) is 12.9. The number of aromatic nitrogens is 1. The van der Waals surface area contributed by atoms with E-state index in [9.17, 15) is 13.2 Å². The maximum Gasteiger partial charge on any atom is 0.323 e. The summed E-state index contributed by atoms with van der Waals surface area (Å²) < 4.78 is 33.4. The van der Waals surface area contributed by atoms with Crippen LogP contribution in [0.1, 0.15) is 11.1 Å². The second-order valence-electron chi connectivity index (χ2n) is 6.47. The third kappa shape index (κ3) is 3.72. The quantitative estimate of drug-likeness (QED) is 0.566. The number of carbonyl (C=O) groups excluding carboxylic acids is 1. The van der Waals surface area contributed by atoms with Crippen molar-refractivity contribution in [2.75, 3.05) is 14.2 Å². The number of nitrogens with zero attached hydrogens (tertiary/aromatic N) is 1. The van der Waals surface area contributed by atoms with Gasteiger partial charge in [-0.25, -0.2) is 12.4 Å². The molecule has 0 spiro atoms. The number of hydrogen-bond donors (Lipinski definition) is 1. The Morgan fingerprint density at radius 1 is 1.21 bits per heavy atom. The molecule has 0 aliphatic heterocycles. The average Bonchev–Trinajstić information content (AvgIpc) is 3.06. The number of benzene rings is 2. The Morgan fingerprint density at radius 2 is 1.89 bits per heavy atom. The van der Waals surface area contributed by atoms with Crippen molar-refractivity contribution in [3.05, 3.63) is 64.3 Å². The third-order valence-electron chi connectivity index (χ3n) is 4.66. The topological polar surface area (TPSA) is 77.4 Å². The van der Waals surface area contributed by atoms with Crippen LogP contribution in [0.25, 0.3) is 10.9 Å². The van der Waals surface area contributed by atoms with Gasteiger partial charge < -0.3 is 10.1 Å². The summed E-state index contributed by atoms with van der Waals surface area (Å²) in [6, 6.07) is 11.5. The molecule has 8 heteroatoms. The van der Waals surface area contributed by atoms with Gasteiger partial charge in [-0.1, -0.05) is 39.7 Å². The van der Waals surface area contributed by atoms with Crippen LogP contribution in [-0.4, -0.2) is 38.6 Å². The predicted octanol–water partition coefficient (Wildman–Crippen LogP) is 3.25. The molecule has 2 aromatic carbocycles. The van der Waals surface area contributed by atoms with Gasteiger partial charge in [0, 0.05) is 22.5 Å². The van der Waals surface area contributed by atoms with Gasteiger partial charge in [0.15, 0.2) is 0 Å². The fourth-order valence-electron chi connectivity index (χ4n) is 3.13. The number of halogens is 1. The van der Waals surface area contributed by atoms with Crippen LogP contribution in [0.2, 0.25) is 0 Å². The highest BCUT2D eigenvalue weighted by molar-refractivity contribution is 9.10. The summed E-state index contributed by atoms with van der Waals surface area (Å²) in [5.41, 5.74) is 2.25. The average molecular weight is 465 g/mol. The molecule has 0 fully saturated rings. The van der Waals surface area contributed by atoms with E-state index < -0.39 is 22.0 Å². The minimum absolute atomic E-state index is 0.208. The zero-order valence-corrected chi connectivity index (χ0v) is 18.2. The lowest BCUT2D eigenvalue weighted by molar-refractivity contribution is -0.142. The molecule has 1 aromatic heterocycles. The van der Waals surface area contributed by atoms with Crippen LogP contribution in [0, 0.1) is 6.92 Å². The van der Waals surface area contributed by atoms with E-state index in [-0.39, 0.29) is 4.90 Å². The number of nitrogens with one attached hydrogen (secondary N) is 1. The summed E-state index contributed by atoms with van der Waals surface area (Å²) in [4.78, 5) is 12.2. The highest BCUT2D eigenvalue weighted by atomic mass is 79.9. The van der Waals surface area contributed by atoms with Crippen molar-refractivity contribution in [3.63, 3.8) is 0 Å². The largest absolute Gasteiger partial charge is 0.468 e. The number of methoxy groups -OCH3 is 1. The number of hydrogen-bond acceptors (Lipinski definition) is 5.